The molecule has 0 bridgehead atoms. The lowest BCUT2D eigenvalue weighted by atomic mass is 10.2. The van der Waals surface area contributed by atoms with E-state index in [9.17, 15) is 10.1 Å². The Morgan fingerprint density at radius 1 is 1.33 bits per heavy atom. The maximum atomic E-state index is 10.5. The maximum Gasteiger partial charge on any atom is 0.287 e. The van der Waals surface area contributed by atoms with Crippen LogP contribution >= 0.6 is 11.6 Å². The van der Waals surface area contributed by atoms with Gasteiger partial charge in [0.25, 0.3) is 5.69 Å². The molecule has 0 aliphatic heterocycles. The third-order valence-electron chi connectivity index (χ3n) is 2.28. The molecule has 0 unspecified atom stereocenters. The van der Waals surface area contributed by atoms with E-state index >= 15 is 0 Å². The number of ether oxygens (including phenoxy) is 1. The zero-order valence-corrected chi connectivity index (χ0v) is 10.2. The summed E-state index contributed by atoms with van der Waals surface area (Å²) in [5.41, 5.74) is 0.790. The predicted molar refractivity (Wildman–Crippen MR) is 67.2 cm³/mol. The SMILES string of the molecule is Cc1cc(Cl)ccc1Oc1ccc([N+](=O)[O-])cn1. The number of hydrogen-bond donors (Lipinski definition) is 0. The molecule has 0 aliphatic carbocycles. The van der Waals surface area contributed by atoms with E-state index in [-0.39, 0.29) is 5.69 Å². The van der Waals surface area contributed by atoms with Crippen molar-refractivity contribution in [3.05, 3.63) is 57.2 Å². The van der Waals surface area contributed by atoms with E-state index < -0.39 is 4.92 Å². The van der Waals surface area contributed by atoms with Gasteiger partial charge in [-0.05, 0) is 30.7 Å². The molecule has 18 heavy (non-hydrogen) atoms. The molecule has 0 radical (unpaired) electrons. The number of rotatable bonds is 3. The van der Waals surface area contributed by atoms with Crippen LogP contribution in [0, 0.1) is 17.0 Å². The van der Waals surface area contributed by atoms with E-state index in [4.69, 9.17) is 16.3 Å². The third-order valence-corrected chi connectivity index (χ3v) is 2.52. The van der Waals surface area contributed by atoms with Gasteiger partial charge in [0.1, 0.15) is 11.9 Å². The smallest absolute Gasteiger partial charge is 0.287 e. The summed E-state index contributed by atoms with van der Waals surface area (Å²) in [7, 11) is 0. The summed E-state index contributed by atoms with van der Waals surface area (Å²) in [6.45, 7) is 1.85. The molecule has 0 N–H and O–H groups in total. The van der Waals surface area contributed by atoms with E-state index in [0.717, 1.165) is 11.8 Å². The molecule has 0 saturated heterocycles. The third kappa shape index (κ3) is 2.75. The number of aromatic nitrogens is 1. The molecular weight excluding hydrogens is 256 g/mol. The largest absolute Gasteiger partial charge is 0.439 e. The minimum atomic E-state index is -0.510. The summed E-state index contributed by atoms with van der Waals surface area (Å²) < 4.78 is 5.51. The summed E-state index contributed by atoms with van der Waals surface area (Å²) >= 11 is 5.83. The molecule has 0 atom stereocenters. The van der Waals surface area contributed by atoms with Crippen LogP contribution in [0.4, 0.5) is 5.69 Å². The molecule has 92 valence electrons. The molecule has 0 amide bonds. The Labute approximate surface area is 108 Å². The lowest BCUT2D eigenvalue weighted by Gasteiger charge is -2.07. The first-order chi connectivity index (χ1) is 8.56. The molecular formula is C12H9ClN2O3. The Bertz CT molecular complexity index is 584. The summed E-state index contributed by atoms with van der Waals surface area (Å²) in [4.78, 5) is 13.8. The highest BCUT2D eigenvalue weighted by Gasteiger charge is 2.07. The van der Waals surface area contributed by atoms with Crippen molar-refractivity contribution >= 4 is 17.3 Å². The molecule has 0 fully saturated rings. The average molecular weight is 265 g/mol. The number of benzene rings is 1. The van der Waals surface area contributed by atoms with E-state index in [2.05, 4.69) is 4.98 Å². The maximum absolute atomic E-state index is 10.5. The van der Waals surface area contributed by atoms with Gasteiger partial charge in [0.2, 0.25) is 5.88 Å². The van der Waals surface area contributed by atoms with Crippen LogP contribution in [0.25, 0.3) is 0 Å². The quantitative estimate of drug-likeness (QED) is 0.626. The van der Waals surface area contributed by atoms with Gasteiger partial charge in [-0.2, -0.15) is 0 Å². The summed E-state index contributed by atoms with van der Waals surface area (Å²) in [5.74, 6) is 0.909. The second-order valence-corrected chi connectivity index (χ2v) is 4.06. The van der Waals surface area contributed by atoms with E-state index in [1.165, 1.54) is 12.1 Å². The van der Waals surface area contributed by atoms with Crippen LogP contribution in [-0.2, 0) is 0 Å². The van der Waals surface area contributed by atoms with Crippen molar-refractivity contribution in [3.8, 4) is 11.6 Å². The zero-order valence-electron chi connectivity index (χ0n) is 9.46. The highest BCUT2D eigenvalue weighted by atomic mass is 35.5. The first-order valence-corrected chi connectivity index (χ1v) is 5.48. The molecule has 1 heterocycles. The van der Waals surface area contributed by atoms with Crippen molar-refractivity contribution in [1.82, 2.24) is 4.98 Å². The van der Waals surface area contributed by atoms with Gasteiger partial charge in [0.05, 0.1) is 4.92 Å². The lowest BCUT2D eigenvalue weighted by molar-refractivity contribution is -0.385. The van der Waals surface area contributed by atoms with Crippen molar-refractivity contribution in [2.75, 3.05) is 0 Å². The summed E-state index contributed by atoms with van der Waals surface area (Å²) in [6, 6.07) is 7.98. The van der Waals surface area contributed by atoms with Gasteiger partial charge in [0.15, 0.2) is 0 Å². The van der Waals surface area contributed by atoms with Crippen LogP contribution in [0.15, 0.2) is 36.5 Å². The van der Waals surface area contributed by atoms with E-state index in [1.807, 2.05) is 6.92 Å². The first-order valence-electron chi connectivity index (χ1n) is 5.11. The van der Waals surface area contributed by atoms with Gasteiger partial charge in [-0.1, -0.05) is 11.6 Å². The second-order valence-electron chi connectivity index (χ2n) is 3.62. The van der Waals surface area contributed by atoms with Gasteiger partial charge in [-0.3, -0.25) is 10.1 Å². The Morgan fingerprint density at radius 2 is 2.11 bits per heavy atom. The van der Waals surface area contributed by atoms with Gasteiger partial charge in [0, 0.05) is 17.2 Å². The van der Waals surface area contributed by atoms with Gasteiger partial charge in [-0.15, -0.1) is 0 Å². The number of hydrogen-bond acceptors (Lipinski definition) is 4. The van der Waals surface area contributed by atoms with Crippen molar-refractivity contribution < 1.29 is 9.66 Å². The summed E-state index contributed by atoms with van der Waals surface area (Å²) in [5, 5.41) is 11.1. The zero-order chi connectivity index (χ0) is 13.1. The van der Waals surface area contributed by atoms with E-state index in [1.54, 1.807) is 18.2 Å². The van der Waals surface area contributed by atoms with E-state index in [0.29, 0.717) is 16.7 Å². The molecule has 6 heteroatoms. The number of halogens is 1. The monoisotopic (exact) mass is 264 g/mol. The van der Waals surface area contributed by atoms with Crippen molar-refractivity contribution in [2.45, 2.75) is 6.92 Å². The van der Waals surface area contributed by atoms with Gasteiger partial charge in [-0.25, -0.2) is 4.98 Å². The number of pyridine rings is 1. The first kappa shape index (κ1) is 12.3. The normalized spacial score (nSPS) is 10.1. The predicted octanol–water partition coefficient (Wildman–Crippen LogP) is 3.74. The lowest BCUT2D eigenvalue weighted by Crippen LogP contribution is -1.92. The molecule has 0 spiro atoms. The fraction of sp³-hybridized carbons (Fsp3) is 0.0833. The molecule has 0 saturated carbocycles. The van der Waals surface area contributed by atoms with Gasteiger partial charge >= 0.3 is 0 Å². The van der Waals surface area contributed by atoms with Crippen LogP contribution in [-0.4, -0.2) is 9.91 Å². The van der Waals surface area contributed by atoms with Gasteiger partial charge < -0.3 is 4.74 Å². The van der Waals surface area contributed by atoms with Crippen LogP contribution in [0.2, 0.25) is 5.02 Å². The minimum Gasteiger partial charge on any atom is -0.439 e. The number of nitro groups is 1. The van der Waals surface area contributed by atoms with Crippen molar-refractivity contribution in [3.63, 3.8) is 0 Å². The van der Waals surface area contributed by atoms with Crippen LogP contribution in [0.1, 0.15) is 5.56 Å². The highest BCUT2D eigenvalue weighted by molar-refractivity contribution is 6.30. The topological polar surface area (TPSA) is 65.3 Å². The minimum absolute atomic E-state index is 0.0739. The number of aryl methyl sites for hydroxylation is 1. The Balaban J connectivity index is 2.21. The Kier molecular flexibility index (Phi) is 3.43. The van der Waals surface area contributed by atoms with Crippen LogP contribution < -0.4 is 4.74 Å². The second kappa shape index (κ2) is 5.01. The fourth-order valence-electron chi connectivity index (χ4n) is 1.38. The Hall–Kier alpha value is -2.14. The van der Waals surface area contributed by atoms with Crippen LogP contribution in [0.3, 0.4) is 0 Å². The standard InChI is InChI=1S/C12H9ClN2O3/c1-8-6-9(13)2-4-11(8)18-12-5-3-10(7-14-12)15(16)17/h2-7H,1H3. The molecule has 5 nitrogen and oxygen atoms in total. The molecule has 2 rings (SSSR count). The van der Waals surface area contributed by atoms with Crippen molar-refractivity contribution in [2.24, 2.45) is 0 Å². The number of nitrogens with zero attached hydrogens (tertiary/aromatic N) is 2. The Morgan fingerprint density at radius 3 is 2.67 bits per heavy atom. The van der Waals surface area contributed by atoms with Crippen molar-refractivity contribution in [1.29, 1.82) is 0 Å². The fourth-order valence-corrected chi connectivity index (χ4v) is 1.61. The molecule has 0 aliphatic rings. The highest BCUT2D eigenvalue weighted by Crippen LogP contribution is 2.26. The molecule has 1 aromatic heterocycles. The summed E-state index contributed by atoms with van der Waals surface area (Å²) in [6.07, 6.45) is 1.15. The molecule has 1 aromatic carbocycles. The molecule has 2 aromatic rings. The van der Waals surface area contributed by atoms with Crippen LogP contribution in [0.5, 0.6) is 11.6 Å². The average Bonchev–Trinajstić information content (AvgIpc) is 2.33.